The van der Waals surface area contributed by atoms with Crippen LogP contribution in [0.2, 0.25) is 0 Å². The Bertz CT molecular complexity index is 1100. The number of nitrogens with zero attached hydrogens (tertiary/aromatic N) is 4. The van der Waals surface area contributed by atoms with Crippen LogP contribution in [0.3, 0.4) is 0 Å². The lowest BCUT2D eigenvalue weighted by molar-refractivity contribution is 0.0952. The maximum Gasteiger partial charge on any atom is 0.252 e. The quantitative estimate of drug-likeness (QED) is 0.366. The molecular formula is C24H30N6OS. The molecule has 0 aliphatic heterocycles. The summed E-state index contributed by atoms with van der Waals surface area (Å²) in [6, 6.07) is 10.6. The Morgan fingerprint density at radius 2 is 1.97 bits per heavy atom. The number of pyridine rings is 1. The van der Waals surface area contributed by atoms with Crippen molar-refractivity contribution in [3.8, 4) is 0 Å². The highest BCUT2D eigenvalue weighted by atomic mass is 32.2. The molecule has 2 heterocycles. The topological polar surface area (TPSA) is 84.7 Å². The molecule has 2 aromatic heterocycles. The second kappa shape index (κ2) is 9.48. The van der Waals surface area contributed by atoms with Crippen molar-refractivity contribution >= 4 is 34.4 Å². The second-order valence-corrected chi connectivity index (χ2v) is 9.53. The van der Waals surface area contributed by atoms with E-state index in [0.717, 1.165) is 59.9 Å². The molecule has 0 bridgehead atoms. The third-order valence-corrected chi connectivity index (χ3v) is 7.01. The van der Waals surface area contributed by atoms with Crippen molar-refractivity contribution in [2.24, 2.45) is 0 Å². The average molecular weight is 451 g/mol. The molecular weight excluding hydrogens is 420 g/mol. The average Bonchev–Trinajstić information content (AvgIpc) is 3.30. The van der Waals surface area contributed by atoms with E-state index in [2.05, 4.69) is 31.7 Å². The van der Waals surface area contributed by atoms with E-state index in [-0.39, 0.29) is 5.91 Å². The number of benzene rings is 1. The predicted octanol–water partition coefficient (Wildman–Crippen LogP) is 4.60. The molecule has 3 aromatic rings. The minimum atomic E-state index is -0.0107. The third kappa shape index (κ3) is 4.60. The fourth-order valence-electron chi connectivity index (χ4n) is 4.55. The maximum atomic E-state index is 12.8. The van der Waals surface area contributed by atoms with E-state index in [4.69, 9.17) is 4.98 Å². The number of hydrogen-bond donors (Lipinski definition) is 2. The molecule has 0 unspecified atom stereocenters. The van der Waals surface area contributed by atoms with Crippen molar-refractivity contribution in [2.45, 2.75) is 68.6 Å². The number of carbonyl (C=O) groups excluding carboxylic acids is 1. The number of aromatic nitrogens is 4. The van der Waals surface area contributed by atoms with Crippen molar-refractivity contribution in [3.05, 3.63) is 41.7 Å². The maximum absolute atomic E-state index is 12.8. The number of fused-ring (bicyclic) bond motifs is 1. The summed E-state index contributed by atoms with van der Waals surface area (Å²) in [5.74, 6) is 1.81. The molecule has 5 rings (SSSR count). The Hall–Kier alpha value is -2.61. The number of anilines is 1. The highest BCUT2D eigenvalue weighted by Gasteiger charge is 2.25. The van der Waals surface area contributed by atoms with Gasteiger partial charge in [-0.25, -0.2) is 4.98 Å². The van der Waals surface area contributed by atoms with Crippen LogP contribution < -0.4 is 10.6 Å². The van der Waals surface area contributed by atoms with Gasteiger partial charge in [0.2, 0.25) is 0 Å². The number of amides is 1. The fourth-order valence-corrected chi connectivity index (χ4v) is 5.13. The van der Waals surface area contributed by atoms with Gasteiger partial charge in [0.15, 0.2) is 5.16 Å². The smallest absolute Gasteiger partial charge is 0.252 e. The SMILES string of the molecule is CSc1nnc(CCCNc2cc(C(=O)NC3CC3)c3ccccc3n2)n1C1CCCC1. The van der Waals surface area contributed by atoms with Crippen molar-refractivity contribution < 1.29 is 4.79 Å². The van der Waals surface area contributed by atoms with Crippen molar-refractivity contribution in [3.63, 3.8) is 0 Å². The summed E-state index contributed by atoms with van der Waals surface area (Å²) in [5, 5.41) is 17.3. The van der Waals surface area contributed by atoms with Crippen LogP contribution >= 0.6 is 11.8 Å². The molecule has 2 fully saturated rings. The van der Waals surface area contributed by atoms with Gasteiger partial charge >= 0.3 is 0 Å². The fraction of sp³-hybridized carbons (Fsp3) is 0.500. The summed E-state index contributed by atoms with van der Waals surface area (Å²) < 4.78 is 2.37. The summed E-state index contributed by atoms with van der Waals surface area (Å²) in [6.07, 6.45) is 11.1. The zero-order valence-electron chi connectivity index (χ0n) is 18.5. The highest BCUT2D eigenvalue weighted by Crippen LogP contribution is 2.33. The lowest BCUT2D eigenvalue weighted by Gasteiger charge is -2.16. The molecule has 168 valence electrons. The summed E-state index contributed by atoms with van der Waals surface area (Å²) in [4.78, 5) is 17.5. The number of para-hydroxylation sites is 1. The second-order valence-electron chi connectivity index (χ2n) is 8.76. The van der Waals surface area contributed by atoms with Crippen LogP contribution in [0.1, 0.15) is 67.2 Å². The van der Waals surface area contributed by atoms with E-state index in [1.165, 1.54) is 25.7 Å². The normalized spacial score (nSPS) is 16.5. The molecule has 2 saturated carbocycles. The van der Waals surface area contributed by atoms with Gasteiger partial charge in [0.1, 0.15) is 11.6 Å². The molecule has 1 amide bonds. The zero-order chi connectivity index (χ0) is 21.9. The van der Waals surface area contributed by atoms with Gasteiger partial charge in [-0.3, -0.25) is 4.79 Å². The number of aryl methyl sites for hydroxylation is 1. The van der Waals surface area contributed by atoms with Gasteiger partial charge in [0.05, 0.1) is 11.1 Å². The Labute approximate surface area is 192 Å². The lowest BCUT2D eigenvalue weighted by Crippen LogP contribution is -2.25. The Morgan fingerprint density at radius 1 is 1.16 bits per heavy atom. The summed E-state index contributed by atoms with van der Waals surface area (Å²) in [6.45, 7) is 0.765. The van der Waals surface area contributed by atoms with Crippen LogP contribution in [-0.2, 0) is 6.42 Å². The third-order valence-electron chi connectivity index (χ3n) is 6.36. The minimum absolute atomic E-state index is 0.0107. The van der Waals surface area contributed by atoms with Crippen molar-refractivity contribution in [1.82, 2.24) is 25.1 Å². The van der Waals surface area contributed by atoms with Gasteiger partial charge in [-0.2, -0.15) is 0 Å². The van der Waals surface area contributed by atoms with E-state index in [1.807, 2.05) is 30.3 Å². The summed E-state index contributed by atoms with van der Waals surface area (Å²) in [7, 11) is 0. The first-order chi connectivity index (χ1) is 15.7. The van der Waals surface area contributed by atoms with E-state index in [9.17, 15) is 4.79 Å². The molecule has 0 atom stereocenters. The molecule has 2 aliphatic carbocycles. The van der Waals surface area contributed by atoms with Crippen LogP contribution in [0, 0.1) is 0 Å². The van der Waals surface area contributed by atoms with Crippen LogP contribution in [-0.4, -0.2) is 44.5 Å². The number of thioether (sulfide) groups is 1. The van der Waals surface area contributed by atoms with Gasteiger partial charge in [-0.05, 0) is 50.5 Å². The van der Waals surface area contributed by atoms with E-state index in [0.29, 0.717) is 17.6 Å². The van der Waals surface area contributed by atoms with Crippen LogP contribution in [0.25, 0.3) is 10.9 Å². The van der Waals surface area contributed by atoms with E-state index in [1.54, 1.807) is 11.8 Å². The predicted molar refractivity (Wildman–Crippen MR) is 128 cm³/mol. The number of hydrogen-bond acceptors (Lipinski definition) is 6. The minimum Gasteiger partial charge on any atom is -0.370 e. The standard InChI is InChI=1S/C24H30N6OS/c1-32-24-29-28-22(30(24)17-7-2-3-8-17)11-6-14-25-21-15-19(23(31)26-16-12-13-16)18-9-4-5-10-20(18)27-21/h4-5,9-10,15-17H,2-3,6-8,11-14H2,1H3,(H,25,27)(H,26,31). The van der Waals surface area contributed by atoms with E-state index < -0.39 is 0 Å². The van der Waals surface area contributed by atoms with Crippen LogP contribution in [0.4, 0.5) is 5.82 Å². The van der Waals surface area contributed by atoms with E-state index >= 15 is 0 Å². The summed E-state index contributed by atoms with van der Waals surface area (Å²) >= 11 is 1.68. The summed E-state index contributed by atoms with van der Waals surface area (Å²) in [5.41, 5.74) is 1.53. The van der Waals surface area contributed by atoms with Crippen LogP contribution in [0.15, 0.2) is 35.5 Å². The molecule has 1 aromatic carbocycles. The number of carbonyl (C=O) groups is 1. The first-order valence-corrected chi connectivity index (χ1v) is 12.9. The van der Waals surface area contributed by atoms with Gasteiger partial charge < -0.3 is 15.2 Å². The Kier molecular flexibility index (Phi) is 6.30. The van der Waals surface area contributed by atoms with Gasteiger partial charge in [-0.1, -0.05) is 42.8 Å². The molecule has 2 aliphatic rings. The molecule has 8 heteroatoms. The molecule has 7 nitrogen and oxygen atoms in total. The van der Waals surface area contributed by atoms with Crippen molar-refractivity contribution in [2.75, 3.05) is 18.1 Å². The Morgan fingerprint density at radius 3 is 2.75 bits per heavy atom. The van der Waals surface area contributed by atoms with Crippen LogP contribution in [0.5, 0.6) is 0 Å². The molecule has 0 spiro atoms. The number of nitrogens with one attached hydrogen (secondary N) is 2. The van der Waals surface area contributed by atoms with Gasteiger partial charge in [0.25, 0.3) is 5.91 Å². The molecule has 0 saturated heterocycles. The first kappa shape index (κ1) is 21.2. The highest BCUT2D eigenvalue weighted by molar-refractivity contribution is 7.98. The molecule has 0 radical (unpaired) electrons. The molecule has 2 N–H and O–H groups in total. The van der Waals surface area contributed by atoms with Gasteiger partial charge in [-0.15, -0.1) is 10.2 Å². The molecule has 32 heavy (non-hydrogen) atoms. The lowest BCUT2D eigenvalue weighted by atomic mass is 10.1. The largest absolute Gasteiger partial charge is 0.370 e. The first-order valence-electron chi connectivity index (χ1n) is 11.6. The zero-order valence-corrected chi connectivity index (χ0v) is 19.3. The monoisotopic (exact) mass is 450 g/mol. The van der Waals surface area contributed by atoms with Gasteiger partial charge in [0, 0.05) is 30.4 Å². The Balaban J connectivity index is 1.26. The number of rotatable bonds is 9. The van der Waals surface area contributed by atoms with Crippen molar-refractivity contribution in [1.29, 1.82) is 0 Å².